The number of alkyl halides is 3. The third-order valence-electron chi connectivity index (χ3n) is 12.8. The van der Waals surface area contributed by atoms with E-state index in [1.807, 2.05) is 24.3 Å². The number of carbonyl (C=O) groups excluding carboxylic acids is 4. The second kappa shape index (κ2) is 16.2. The molecule has 6 atom stereocenters. The molecule has 4 aliphatic rings. The van der Waals surface area contributed by atoms with Crippen molar-refractivity contribution in [3.05, 3.63) is 153 Å². The van der Waals surface area contributed by atoms with Crippen LogP contribution in [0.15, 0.2) is 115 Å². The number of imide groups is 2. The van der Waals surface area contributed by atoms with Gasteiger partial charge in [0.25, 0.3) is 11.8 Å². The summed E-state index contributed by atoms with van der Waals surface area (Å²) < 4.78 is 51.5. The predicted octanol–water partition coefficient (Wildman–Crippen LogP) is 9.49. The van der Waals surface area contributed by atoms with Crippen molar-refractivity contribution in [2.24, 2.45) is 23.7 Å². The van der Waals surface area contributed by atoms with Crippen LogP contribution in [-0.4, -0.2) is 52.9 Å². The van der Waals surface area contributed by atoms with Gasteiger partial charge < -0.3 is 14.6 Å². The van der Waals surface area contributed by atoms with Gasteiger partial charge in [-0.2, -0.15) is 18.2 Å². The number of aromatic nitrogens is 1. The van der Waals surface area contributed by atoms with Gasteiger partial charge in [0.1, 0.15) is 17.2 Å². The van der Waals surface area contributed by atoms with E-state index in [2.05, 4.69) is 10.4 Å². The first-order valence-corrected chi connectivity index (χ1v) is 20.9. The van der Waals surface area contributed by atoms with E-state index in [1.165, 1.54) is 11.0 Å². The third-order valence-corrected chi connectivity index (χ3v) is 13.4. The fourth-order valence-electron chi connectivity index (χ4n) is 10.0. The minimum Gasteiger partial charge on any atom is -0.508 e. The highest BCUT2D eigenvalue weighted by Gasteiger charge is 2.70. The van der Waals surface area contributed by atoms with Gasteiger partial charge >= 0.3 is 6.18 Å². The second-order valence-corrected chi connectivity index (χ2v) is 16.9. The molecule has 1 saturated carbocycles. The number of nitrogens with one attached hydrogen (secondary N) is 1. The van der Waals surface area contributed by atoms with Crippen molar-refractivity contribution in [3.63, 3.8) is 0 Å². The summed E-state index contributed by atoms with van der Waals surface area (Å²) in [5.41, 5.74) is 2.81. The average Bonchev–Trinajstić information content (AvgIpc) is 3.66. The topological polar surface area (TPSA) is 138 Å². The number of rotatable bonds is 9. The number of hydrogen-bond donors (Lipinski definition) is 2. The third kappa shape index (κ3) is 6.87. The molecule has 0 spiro atoms. The van der Waals surface area contributed by atoms with Crippen LogP contribution in [0.5, 0.6) is 17.2 Å². The lowest BCUT2D eigenvalue weighted by atomic mass is 9.49. The van der Waals surface area contributed by atoms with Crippen molar-refractivity contribution in [1.29, 1.82) is 0 Å². The van der Waals surface area contributed by atoms with E-state index in [0.717, 1.165) is 11.1 Å². The standard InChI is InChI=1S/C48H37Cl2F3N4O7/c1-63-31-17-20-39(64-2)26(21-31)10-7-25-8-15-30(16-9-25)56-43(59)34-19-18-32-35(40(34)45(56)61)23-36-44(60)57(55-42-37(50)22-28(24-54-42)48(51,52)53)46(62)47(36,27-11-13-29(49)14-12-27)41(32)33-5-3-4-6-38(33)58/h3-18,20-22,24,34-36,40-41,58H,19,23H2,1-2H3,(H,54,55). The number of allylic oxidation sites excluding steroid dienone is 2. The van der Waals surface area contributed by atoms with Crippen molar-refractivity contribution in [1.82, 2.24) is 9.99 Å². The van der Waals surface area contributed by atoms with Crippen molar-refractivity contribution >= 4 is 70.5 Å². The van der Waals surface area contributed by atoms with Crippen LogP contribution in [0.1, 0.15) is 46.6 Å². The molecule has 11 nitrogen and oxygen atoms in total. The van der Waals surface area contributed by atoms with Gasteiger partial charge in [0, 0.05) is 28.3 Å². The Balaban J connectivity index is 1.11. The number of pyridine rings is 1. The summed E-state index contributed by atoms with van der Waals surface area (Å²) in [6, 6.07) is 25.7. The quantitative estimate of drug-likeness (QED) is 0.0842. The Morgan fingerprint density at radius 1 is 0.859 bits per heavy atom. The van der Waals surface area contributed by atoms with E-state index in [4.69, 9.17) is 32.7 Å². The summed E-state index contributed by atoms with van der Waals surface area (Å²) in [6.45, 7) is 0. The summed E-state index contributed by atoms with van der Waals surface area (Å²) >= 11 is 12.6. The SMILES string of the molecule is COc1ccc(OC)c(C=Cc2ccc(N3C(=O)C4CC=C5C(CC6C(=O)N(Nc7ncc(C(F)(F)F)cc7Cl)C(=O)C6(c6ccc(Cl)cc6)C5c5ccccc5O)C4C3=O)cc2)c1. The summed E-state index contributed by atoms with van der Waals surface area (Å²) in [5, 5.41) is 12.1. The number of carbonyl (C=O) groups is 4. The van der Waals surface area contributed by atoms with Gasteiger partial charge in [0.15, 0.2) is 5.82 Å². The van der Waals surface area contributed by atoms with Gasteiger partial charge in [-0.15, -0.1) is 0 Å². The molecule has 2 aliphatic heterocycles. The number of fused-ring (bicyclic) bond motifs is 4. The molecule has 6 unspecified atom stereocenters. The Labute approximate surface area is 374 Å². The molecule has 0 radical (unpaired) electrons. The number of para-hydroxylation sites is 1. The normalized spacial score (nSPS) is 24.1. The average molecular weight is 910 g/mol. The smallest absolute Gasteiger partial charge is 0.417 e. The van der Waals surface area contributed by atoms with E-state index in [-0.39, 0.29) is 30.0 Å². The Bertz CT molecular complexity index is 2800. The van der Waals surface area contributed by atoms with Crippen LogP contribution >= 0.6 is 23.2 Å². The molecule has 2 saturated heterocycles. The molecule has 3 fully saturated rings. The van der Waals surface area contributed by atoms with E-state index < -0.39 is 75.4 Å². The predicted molar refractivity (Wildman–Crippen MR) is 232 cm³/mol. The van der Waals surface area contributed by atoms with Crippen molar-refractivity contribution < 1.29 is 46.9 Å². The van der Waals surface area contributed by atoms with Crippen molar-refractivity contribution in [2.75, 3.05) is 24.5 Å². The molecule has 64 heavy (non-hydrogen) atoms. The molecule has 1 aromatic heterocycles. The number of nitrogens with zero attached hydrogens (tertiary/aromatic N) is 3. The van der Waals surface area contributed by atoms with Gasteiger partial charge in [-0.25, -0.2) is 4.98 Å². The zero-order valence-corrected chi connectivity index (χ0v) is 35.5. The Morgan fingerprint density at radius 2 is 1.59 bits per heavy atom. The minimum atomic E-state index is -4.77. The second-order valence-electron chi connectivity index (χ2n) is 16.0. The summed E-state index contributed by atoms with van der Waals surface area (Å²) in [7, 11) is 3.14. The van der Waals surface area contributed by atoms with Crippen LogP contribution in [-0.2, 0) is 30.8 Å². The molecular weight excluding hydrogens is 872 g/mol. The number of hydrazine groups is 1. The zero-order chi connectivity index (χ0) is 45.2. The highest BCUT2D eigenvalue weighted by atomic mass is 35.5. The fourth-order valence-corrected chi connectivity index (χ4v) is 10.3. The first kappa shape index (κ1) is 42.7. The van der Waals surface area contributed by atoms with E-state index >= 15 is 4.79 Å². The molecular formula is C48H37Cl2F3N4O7. The van der Waals surface area contributed by atoms with Gasteiger partial charge in [-0.05, 0) is 84.5 Å². The molecule has 2 N–H and O–H groups in total. The van der Waals surface area contributed by atoms with Gasteiger partial charge in [0.05, 0.1) is 53.7 Å². The maximum absolute atomic E-state index is 15.4. The number of halogens is 5. The summed E-state index contributed by atoms with van der Waals surface area (Å²) in [5.74, 6) is -6.56. The molecule has 3 heterocycles. The zero-order valence-electron chi connectivity index (χ0n) is 34.0. The number of methoxy groups -OCH3 is 2. The van der Waals surface area contributed by atoms with Crippen LogP contribution in [0, 0.1) is 23.7 Å². The van der Waals surface area contributed by atoms with Crippen molar-refractivity contribution in [2.45, 2.75) is 30.4 Å². The molecule has 9 rings (SSSR count). The molecule has 5 aromatic rings. The maximum Gasteiger partial charge on any atom is 0.417 e. The lowest BCUT2D eigenvalue weighted by Gasteiger charge is -2.50. The van der Waals surface area contributed by atoms with Crippen LogP contribution in [0.4, 0.5) is 24.7 Å². The monoisotopic (exact) mass is 908 g/mol. The van der Waals surface area contributed by atoms with Crippen LogP contribution < -0.4 is 19.8 Å². The van der Waals surface area contributed by atoms with Crippen molar-refractivity contribution in [3.8, 4) is 17.2 Å². The molecule has 4 amide bonds. The molecule has 2 aliphatic carbocycles. The summed E-state index contributed by atoms with van der Waals surface area (Å²) in [4.78, 5) is 64.5. The van der Waals surface area contributed by atoms with E-state index in [1.54, 1.807) is 93.1 Å². The van der Waals surface area contributed by atoms with Crippen LogP contribution in [0.2, 0.25) is 10.0 Å². The Hall–Kier alpha value is -6.64. The largest absolute Gasteiger partial charge is 0.508 e. The van der Waals surface area contributed by atoms with Crippen LogP contribution in [0.3, 0.4) is 0 Å². The highest BCUT2D eigenvalue weighted by Crippen LogP contribution is 2.65. The Kier molecular flexibility index (Phi) is 10.8. The van der Waals surface area contributed by atoms with E-state index in [0.29, 0.717) is 50.6 Å². The number of phenolic OH excluding ortho intramolecular Hbond substituents is 1. The fraction of sp³-hybridized carbons (Fsp3) is 0.229. The lowest BCUT2D eigenvalue weighted by molar-refractivity contribution is -0.139. The molecule has 4 aromatic carbocycles. The number of benzene rings is 4. The number of ether oxygens (including phenoxy) is 2. The number of phenols is 1. The number of aromatic hydroxyl groups is 1. The lowest BCUT2D eigenvalue weighted by Crippen LogP contribution is -2.53. The maximum atomic E-state index is 15.4. The minimum absolute atomic E-state index is 0.0824. The first-order chi connectivity index (χ1) is 30.7. The summed E-state index contributed by atoms with van der Waals surface area (Å²) in [6.07, 6.45) is 1.37. The van der Waals surface area contributed by atoms with Gasteiger partial charge in [-0.1, -0.05) is 89.5 Å². The number of amides is 4. The van der Waals surface area contributed by atoms with Gasteiger partial charge in [-0.3, -0.25) is 29.5 Å². The van der Waals surface area contributed by atoms with Gasteiger partial charge in [0.2, 0.25) is 11.8 Å². The van der Waals surface area contributed by atoms with E-state index in [9.17, 15) is 32.7 Å². The molecule has 16 heteroatoms. The Morgan fingerprint density at radius 3 is 2.27 bits per heavy atom. The molecule has 326 valence electrons. The number of anilines is 2. The number of hydrogen-bond acceptors (Lipinski definition) is 9. The highest BCUT2D eigenvalue weighted by molar-refractivity contribution is 6.33. The molecule has 0 bridgehead atoms. The van der Waals surface area contributed by atoms with Crippen LogP contribution in [0.25, 0.3) is 12.2 Å². The first-order valence-electron chi connectivity index (χ1n) is 20.2.